The number of hydrogen-bond acceptors (Lipinski definition) is 2. The molecule has 5 aromatic rings. The van der Waals surface area contributed by atoms with Crippen LogP contribution in [0.4, 0.5) is 13.2 Å². The lowest BCUT2D eigenvalue weighted by molar-refractivity contribution is -0.137. The minimum absolute atomic E-state index is 0.644. The average Bonchev–Trinajstić information content (AvgIpc) is 2.83. The highest BCUT2D eigenvalue weighted by Crippen LogP contribution is 2.32. The van der Waals surface area contributed by atoms with Gasteiger partial charge in [0.05, 0.1) is 11.3 Å². The quantitative estimate of drug-likeness (QED) is 0.296. The molecule has 0 aliphatic rings. The molecular formula is C27H17F3N2. The Hall–Kier alpha value is -3.99. The standard InChI is InChI=1S/C27H17F3N2/c28-27(29,30)25-10-7-18(8-11-25)19-3-4-21-15-22(6-5-20(21)14-19)23-9-12-26(32-17-23)24-2-1-13-31-16-24/h1-17H. The molecule has 2 heterocycles. The van der Waals surface area contributed by atoms with Gasteiger partial charge in [0.25, 0.3) is 0 Å². The maximum absolute atomic E-state index is 12.8. The molecule has 0 aliphatic carbocycles. The zero-order valence-corrected chi connectivity index (χ0v) is 16.8. The number of rotatable bonds is 3. The Morgan fingerprint density at radius 2 is 1.19 bits per heavy atom. The Balaban J connectivity index is 1.43. The monoisotopic (exact) mass is 426 g/mol. The zero-order chi connectivity index (χ0) is 22.1. The first kappa shape index (κ1) is 19.9. The summed E-state index contributed by atoms with van der Waals surface area (Å²) in [6.07, 6.45) is 1.03. The Kier molecular flexibility index (Phi) is 4.94. The molecule has 0 aliphatic heterocycles. The number of hydrogen-bond donors (Lipinski definition) is 0. The van der Waals surface area contributed by atoms with Gasteiger partial charge in [-0.3, -0.25) is 9.97 Å². The summed E-state index contributed by atoms with van der Waals surface area (Å²) in [6, 6.07) is 25.2. The van der Waals surface area contributed by atoms with Crippen LogP contribution in [-0.4, -0.2) is 9.97 Å². The molecule has 5 heteroatoms. The molecule has 0 fully saturated rings. The minimum Gasteiger partial charge on any atom is -0.264 e. The molecule has 0 saturated carbocycles. The lowest BCUT2D eigenvalue weighted by Crippen LogP contribution is -2.03. The van der Waals surface area contributed by atoms with Gasteiger partial charge in [0.15, 0.2) is 0 Å². The normalized spacial score (nSPS) is 11.6. The fraction of sp³-hybridized carbons (Fsp3) is 0.0370. The Labute approximate surface area is 183 Å². The highest BCUT2D eigenvalue weighted by molar-refractivity contribution is 5.90. The van der Waals surface area contributed by atoms with Crippen molar-refractivity contribution in [2.45, 2.75) is 6.18 Å². The van der Waals surface area contributed by atoms with E-state index in [-0.39, 0.29) is 0 Å². The van der Waals surface area contributed by atoms with E-state index in [1.807, 2.05) is 60.8 Å². The van der Waals surface area contributed by atoms with Crippen LogP contribution in [0.1, 0.15) is 5.56 Å². The van der Waals surface area contributed by atoms with E-state index in [4.69, 9.17) is 0 Å². The summed E-state index contributed by atoms with van der Waals surface area (Å²) in [4.78, 5) is 8.69. The van der Waals surface area contributed by atoms with Crippen LogP contribution in [0, 0.1) is 0 Å². The van der Waals surface area contributed by atoms with Gasteiger partial charge < -0.3 is 0 Å². The van der Waals surface area contributed by atoms with Gasteiger partial charge in [-0.1, -0.05) is 42.5 Å². The number of nitrogens with zero attached hydrogens (tertiary/aromatic N) is 2. The van der Waals surface area contributed by atoms with Crippen LogP contribution in [0.5, 0.6) is 0 Å². The van der Waals surface area contributed by atoms with Crippen molar-refractivity contribution in [3.05, 3.63) is 109 Å². The van der Waals surface area contributed by atoms with Gasteiger partial charge in [0.2, 0.25) is 0 Å². The molecule has 0 amide bonds. The third-order valence-corrected chi connectivity index (χ3v) is 5.44. The van der Waals surface area contributed by atoms with Crippen LogP contribution in [0.3, 0.4) is 0 Å². The van der Waals surface area contributed by atoms with Gasteiger partial charge >= 0.3 is 6.18 Å². The molecule has 0 unspecified atom stereocenters. The van der Waals surface area contributed by atoms with Crippen molar-refractivity contribution in [3.8, 4) is 33.5 Å². The van der Waals surface area contributed by atoms with Crippen molar-refractivity contribution in [1.82, 2.24) is 9.97 Å². The van der Waals surface area contributed by atoms with E-state index in [0.717, 1.165) is 56.4 Å². The van der Waals surface area contributed by atoms with Crippen molar-refractivity contribution in [1.29, 1.82) is 0 Å². The smallest absolute Gasteiger partial charge is 0.264 e. The first-order valence-electron chi connectivity index (χ1n) is 10.1. The highest BCUT2D eigenvalue weighted by atomic mass is 19.4. The number of fused-ring (bicyclic) bond motifs is 1. The van der Waals surface area contributed by atoms with Crippen LogP contribution in [0.2, 0.25) is 0 Å². The molecule has 0 atom stereocenters. The third-order valence-electron chi connectivity index (χ3n) is 5.44. The zero-order valence-electron chi connectivity index (χ0n) is 16.8. The van der Waals surface area contributed by atoms with Crippen molar-refractivity contribution >= 4 is 10.8 Å². The summed E-state index contributed by atoms with van der Waals surface area (Å²) in [5, 5.41) is 2.07. The van der Waals surface area contributed by atoms with Gasteiger partial charge in [0.1, 0.15) is 0 Å². The molecule has 5 rings (SSSR count). The molecule has 156 valence electrons. The summed E-state index contributed by atoms with van der Waals surface area (Å²) >= 11 is 0. The third kappa shape index (κ3) is 3.97. The van der Waals surface area contributed by atoms with E-state index >= 15 is 0 Å². The van der Waals surface area contributed by atoms with Crippen molar-refractivity contribution < 1.29 is 13.2 Å². The van der Waals surface area contributed by atoms with Crippen LogP contribution in [0.15, 0.2) is 104 Å². The Morgan fingerprint density at radius 3 is 1.75 bits per heavy atom. The van der Waals surface area contributed by atoms with Gasteiger partial charge in [-0.25, -0.2) is 0 Å². The topological polar surface area (TPSA) is 25.8 Å². The van der Waals surface area contributed by atoms with E-state index < -0.39 is 11.7 Å². The number of aromatic nitrogens is 2. The molecular weight excluding hydrogens is 409 g/mol. The van der Waals surface area contributed by atoms with Crippen molar-refractivity contribution in [2.24, 2.45) is 0 Å². The maximum Gasteiger partial charge on any atom is 0.416 e. The second-order valence-electron chi connectivity index (χ2n) is 7.53. The van der Waals surface area contributed by atoms with Gasteiger partial charge in [0, 0.05) is 29.7 Å². The number of alkyl halides is 3. The molecule has 0 spiro atoms. The summed E-state index contributed by atoms with van der Waals surface area (Å²) in [5.74, 6) is 0. The van der Waals surface area contributed by atoms with Crippen LogP contribution in [-0.2, 0) is 6.18 Å². The van der Waals surface area contributed by atoms with E-state index in [2.05, 4.69) is 16.0 Å². The molecule has 2 nitrogen and oxygen atoms in total. The number of halogens is 3. The lowest BCUT2D eigenvalue weighted by Gasteiger charge is -2.09. The van der Waals surface area contributed by atoms with Gasteiger partial charge in [-0.2, -0.15) is 13.2 Å². The predicted octanol–water partition coefficient (Wildman–Crippen LogP) is 7.65. The Morgan fingerprint density at radius 1 is 0.562 bits per heavy atom. The van der Waals surface area contributed by atoms with Gasteiger partial charge in [-0.15, -0.1) is 0 Å². The fourth-order valence-corrected chi connectivity index (χ4v) is 3.71. The molecule has 0 bridgehead atoms. The average molecular weight is 426 g/mol. The molecule has 0 N–H and O–H groups in total. The first-order valence-corrected chi connectivity index (χ1v) is 10.1. The number of pyridine rings is 2. The molecule has 2 aromatic heterocycles. The highest BCUT2D eigenvalue weighted by Gasteiger charge is 2.29. The van der Waals surface area contributed by atoms with E-state index in [0.29, 0.717) is 0 Å². The second kappa shape index (κ2) is 7.93. The largest absolute Gasteiger partial charge is 0.416 e. The van der Waals surface area contributed by atoms with Gasteiger partial charge in [-0.05, 0) is 69.9 Å². The predicted molar refractivity (Wildman–Crippen MR) is 121 cm³/mol. The molecule has 32 heavy (non-hydrogen) atoms. The summed E-state index contributed by atoms with van der Waals surface area (Å²) in [7, 11) is 0. The minimum atomic E-state index is -4.33. The first-order chi connectivity index (χ1) is 15.5. The summed E-state index contributed by atoms with van der Waals surface area (Å²) in [6.45, 7) is 0. The molecule has 0 saturated heterocycles. The van der Waals surface area contributed by atoms with Crippen LogP contribution in [0.25, 0.3) is 44.3 Å². The van der Waals surface area contributed by atoms with E-state index in [1.54, 1.807) is 12.4 Å². The molecule has 3 aromatic carbocycles. The SMILES string of the molecule is FC(F)(F)c1ccc(-c2ccc3cc(-c4ccc(-c5cccnc5)nc4)ccc3c2)cc1. The van der Waals surface area contributed by atoms with Crippen LogP contribution >= 0.6 is 0 Å². The maximum atomic E-state index is 12.8. The summed E-state index contributed by atoms with van der Waals surface area (Å²) < 4.78 is 38.4. The van der Waals surface area contributed by atoms with E-state index in [1.165, 1.54) is 12.1 Å². The lowest BCUT2D eigenvalue weighted by atomic mass is 9.97. The fourth-order valence-electron chi connectivity index (χ4n) is 3.71. The van der Waals surface area contributed by atoms with Crippen molar-refractivity contribution in [2.75, 3.05) is 0 Å². The number of benzene rings is 3. The summed E-state index contributed by atoms with van der Waals surface area (Å²) in [5.41, 5.74) is 4.86. The molecule has 0 radical (unpaired) electrons. The Bertz CT molecular complexity index is 1380. The van der Waals surface area contributed by atoms with Crippen molar-refractivity contribution in [3.63, 3.8) is 0 Å². The van der Waals surface area contributed by atoms with Crippen LogP contribution < -0.4 is 0 Å². The van der Waals surface area contributed by atoms with E-state index in [9.17, 15) is 13.2 Å². The second-order valence-corrected chi connectivity index (χ2v) is 7.53.